The molecule has 2 aromatic rings. The zero-order valence-corrected chi connectivity index (χ0v) is 12.4. The van der Waals surface area contributed by atoms with Crippen LogP contribution in [0.15, 0.2) is 11.6 Å². The summed E-state index contributed by atoms with van der Waals surface area (Å²) in [7, 11) is 2.12. The average molecular weight is 266 g/mol. The van der Waals surface area contributed by atoms with Crippen LogP contribution in [0, 0.1) is 0 Å². The monoisotopic (exact) mass is 266 g/mol. The maximum atomic E-state index is 5.73. The lowest BCUT2D eigenvalue weighted by Gasteiger charge is -2.35. The largest absolute Gasteiger partial charge is 0.353 e. The summed E-state index contributed by atoms with van der Waals surface area (Å²) in [5.41, 5.74) is 7.06. The quantitative estimate of drug-likeness (QED) is 0.904. The summed E-state index contributed by atoms with van der Waals surface area (Å²) in [5.74, 6) is 1.07. The van der Waals surface area contributed by atoms with Crippen molar-refractivity contribution in [1.82, 2.24) is 9.38 Å². The Bertz CT molecular complexity index is 526. The van der Waals surface area contributed by atoms with Crippen molar-refractivity contribution in [3.63, 3.8) is 0 Å². The highest BCUT2D eigenvalue weighted by Crippen LogP contribution is 2.29. The summed E-state index contributed by atoms with van der Waals surface area (Å²) in [6.45, 7) is 7.34. The van der Waals surface area contributed by atoms with Gasteiger partial charge in [-0.25, -0.2) is 4.98 Å². The number of thiazole rings is 1. The van der Waals surface area contributed by atoms with E-state index in [0.29, 0.717) is 6.54 Å². The lowest BCUT2D eigenvalue weighted by Crippen LogP contribution is -2.41. The Hall–Kier alpha value is -1.07. The second-order valence-electron chi connectivity index (χ2n) is 5.20. The van der Waals surface area contributed by atoms with Crippen molar-refractivity contribution >= 4 is 22.1 Å². The van der Waals surface area contributed by atoms with Crippen molar-refractivity contribution in [3.8, 4) is 0 Å². The van der Waals surface area contributed by atoms with Crippen LogP contribution in [-0.4, -0.2) is 28.5 Å². The summed E-state index contributed by atoms with van der Waals surface area (Å²) in [6.07, 6.45) is 4.02. The van der Waals surface area contributed by atoms with Gasteiger partial charge in [0.05, 0.1) is 5.69 Å². The van der Waals surface area contributed by atoms with E-state index in [0.717, 1.165) is 23.6 Å². The first-order valence-corrected chi connectivity index (χ1v) is 7.27. The van der Waals surface area contributed by atoms with E-state index in [4.69, 9.17) is 10.7 Å². The standard InChI is InChI=1S/C13H22N4S/c1-5-13(2,3)16(4)11-10(6-7-14)17-8-9-18-12(17)15-11/h8-9H,5-7,14H2,1-4H3. The highest BCUT2D eigenvalue weighted by molar-refractivity contribution is 7.15. The van der Waals surface area contributed by atoms with Crippen molar-refractivity contribution < 1.29 is 0 Å². The van der Waals surface area contributed by atoms with Crippen LogP contribution in [0.4, 0.5) is 5.82 Å². The Morgan fingerprint density at radius 3 is 2.83 bits per heavy atom. The molecule has 4 nitrogen and oxygen atoms in total. The van der Waals surface area contributed by atoms with Gasteiger partial charge in [-0.1, -0.05) is 6.92 Å². The molecule has 0 spiro atoms. The number of fused-ring (bicyclic) bond motifs is 1. The van der Waals surface area contributed by atoms with Gasteiger partial charge >= 0.3 is 0 Å². The van der Waals surface area contributed by atoms with Crippen LogP contribution in [-0.2, 0) is 6.42 Å². The van der Waals surface area contributed by atoms with E-state index < -0.39 is 0 Å². The van der Waals surface area contributed by atoms with Gasteiger partial charge in [-0.2, -0.15) is 0 Å². The molecule has 0 aliphatic heterocycles. The molecule has 2 N–H and O–H groups in total. The number of anilines is 1. The third-order valence-corrected chi connectivity index (χ3v) is 4.57. The second kappa shape index (κ2) is 4.90. The van der Waals surface area contributed by atoms with Crippen molar-refractivity contribution in [2.24, 2.45) is 5.73 Å². The van der Waals surface area contributed by atoms with Gasteiger partial charge in [0, 0.05) is 30.6 Å². The van der Waals surface area contributed by atoms with E-state index in [-0.39, 0.29) is 5.54 Å². The topological polar surface area (TPSA) is 46.6 Å². The van der Waals surface area contributed by atoms with E-state index in [1.165, 1.54) is 5.69 Å². The van der Waals surface area contributed by atoms with Gasteiger partial charge in [0.1, 0.15) is 0 Å². The number of nitrogens with two attached hydrogens (primary N) is 1. The molecule has 0 saturated carbocycles. The van der Waals surface area contributed by atoms with Crippen LogP contribution in [0.5, 0.6) is 0 Å². The second-order valence-corrected chi connectivity index (χ2v) is 6.07. The third kappa shape index (κ3) is 2.12. The van der Waals surface area contributed by atoms with Gasteiger partial charge in [0.15, 0.2) is 10.8 Å². The lowest BCUT2D eigenvalue weighted by molar-refractivity contribution is 0.466. The smallest absolute Gasteiger partial charge is 0.195 e. The fraction of sp³-hybridized carbons (Fsp3) is 0.615. The minimum absolute atomic E-state index is 0.105. The Morgan fingerprint density at radius 2 is 2.22 bits per heavy atom. The highest BCUT2D eigenvalue weighted by atomic mass is 32.1. The highest BCUT2D eigenvalue weighted by Gasteiger charge is 2.26. The molecule has 0 atom stereocenters. The van der Waals surface area contributed by atoms with Crippen molar-refractivity contribution in [2.45, 2.75) is 39.2 Å². The van der Waals surface area contributed by atoms with Crippen LogP contribution in [0.1, 0.15) is 32.9 Å². The molecule has 2 aromatic heterocycles. The number of nitrogens with zero attached hydrogens (tertiary/aromatic N) is 3. The van der Waals surface area contributed by atoms with E-state index in [1.54, 1.807) is 11.3 Å². The van der Waals surface area contributed by atoms with Crippen LogP contribution in [0.3, 0.4) is 0 Å². The van der Waals surface area contributed by atoms with Crippen LogP contribution in [0.25, 0.3) is 4.96 Å². The molecule has 0 fully saturated rings. The summed E-state index contributed by atoms with van der Waals surface area (Å²) in [5, 5.41) is 2.07. The maximum Gasteiger partial charge on any atom is 0.195 e. The van der Waals surface area contributed by atoms with Crippen LogP contribution < -0.4 is 10.6 Å². The molecule has 0 radical (unpaired) electrons. The van der Waals surface area contributed by atoms with E-state index in [1.807, 2.05) is 0 Å². The van der Waals surface area contributed by atoms with E-state index in [9.17, 15) is 0 Å². The molecule has 0 amide bonds. The fourth-order valence-electron chi connectivity index (χ4n) is 1.98. The molecule has 2 heterocycles. The Morgan fingerprint density at radius 1 is 1.50 bits per heavy atom. The number of hydrogen-bond acceptors (Lipinski definition) is 4. The van der Waals surface area contributed by atoms with E-state index >= 15 is 0 Å². The molecule has 2 rings (SSSR count). The first kappa shape index (κ1) is 13.4. The Labute approximate surface area is 112 Å². The number of rotatable bonds is 5. The molecule has 0 bridgehead atoms. The first-order valence-electron chi connectivity index (χ1n) is 6.39. The minimum atomic E-state index is 0.105. The summed E-state index contributed by atoms with van der Waals surface area (Å²) < 4.78 is 2.16. The maximum absolute atomic E-state index is 5.73. The number of hydrogen-bond donors (Lipinski definition) is 1. The molecular weight excluding hydrogens is 244 g/mol. The minimum Gasteiger partial charge on any atom is -0.353 e. The van der Waals surface area contributed by atoms with Crippen LogP contribution >= 0.6 is 11.3 Å². The average Bonchev–Trinajstić information content (AvgIpc) is 2.91. The molecule has 0 aromatic carbocycles. The van der Waals surface area contributed by atoms with E-state index in [2.05, 4.69) is 48.7 Å². The van der Waals surface area contributed by atoms with Crippen molar-refractivity contribution in [2.75, 3.05) is 18.5 Å². The van der Waals surface area contributed by atoms with Crippen molar-refractivity contribution in [1.29, 1.82) is 0 Å². The molecule has 100 valence electrons. The van der Waals surface area contributed by atoms with Gasteiger partial charge in [-0.05, 0) is 26.8 Å². The van der Waals surface area contributed by atoms with Gasteiger partial charge in [0.25, 0.3) is 0 Å². The predicted molar refractivity (Wildman–Crippen MR) is 78.6 cm³/mol. The van der Waals surface area contributed by atoms with Gasteiger partial charge < -0.3 is 10.6 Å². The first-order chi connectivity index (χ1) is 8.51. The van der Waals surface area contributed by atoms with Crippen LogP contribution in [0.2, 0.25) is 0 Å². The molecular formula is C13H22N4S. The summed E-state index contributed by atoms with van der Waals surface area (Å²) in [4.78, 5) is 8.08. The number of aromatic nitrogens is 2. The number of imidazole rings is 1. The lowest BCUT2D eigenvalue weighted by atomic mass is 10.00. The molecule has 0 saturated heterocycles. The third-order valence-electron chi connectivity index (χ3n) is 3.81. The summed E-state index contributed by atoms with van der Waals surface area (Å²) in [6, 6.07) is 0. The molecule has 0 unspecified atom stereocenters. The zero-order chi connectivity index (χ0) is 13.3. The normalized spacial score (nSPS) is 12.3. The summed E-state index contributed by atoms with van der Waals surface area (Å²) >= 11 is 1.67. The molecule has 5 heteroatoms. The SMILES string of the molecule is CCC(C)(C)N(C)c1nc2sccn2c1CCN. The van der Waals surface area contributed by atoms with Gasteiger partial charge in [-0.15, -0.1) is 11.3 Å². The molecule has 0 aliphatic rings. The Kier molecular flexibility index (Phi) is 3.64. The zero-order valence-electron chi connectivity index (χ0n) is 11.6. The van der Waals surface area contributed by atoms with Crippen molar-refractivity contribution in [3.05, 3.63) is 17.3 Å². The predicted octanol–water partition coefficient (Wildman–Crippen LogP) is 2.52. The Balaban J connectivity index is 2.49. The molecule has 0 aliphatic carbocycles. The molecule has 18 heavy (non-hydrogen) atoms. The van der Waals surface area contributed by atoms with Gasteiger partial charge in [0.2, 0.25) is 0 Å². The fourth-order valence-corrected chi connectivity index (χ4v) is 2.71. The van der Waals surface area contributed by atoms with Gasteiger partial charge in [-0.3, -0.25) is 4.40 Å².